The third kappa shape index (κ3) is 3.01. The molecule has 1 N–H and O–H groups in total. The lowest BCUT2D eigenvalue weighted by atomic mass is 10.2. The summed E-state index contributed by atoms with van der Waals surface area (Å²) >= 11 is 0. The van der Waals surface area contributed by atoms with Gasteiger partial charge in [0.2, 0.25) is 0 Å². The third-order valence-corrected chi connectivity index (χ3v) is 4.46. The molecular formula is C21H16N4O. The van der Waals surface area contributed by atoms with E-state index >= 15 is 0 Å². The lowest BCUT2D eigenvalue weighted by molar-refractivity contribution is 0.102. The van der Waals surface area contributed by atoms with Crippen LogP contribution in [0, 0.1) is 11.3 Å². The van der Waals surface area contributed by atoms with Gasteiger partial charge in [0.05, 0.1) is 29.1 Å². The van der Waals surface area contributed by atoms with Crippen molar-refractivity contribution in [2.24, 2.45) is 0 Å². The summed E-state index contributed by atoms with van der Waals surface area (Å²) in [4.78, 5) is 19.0. The maximum atomic E-state index is 12.5. The van der Waals surface area contributed by atoms with Gasteiger partial charge in [-0.25, -0.2) is 0 Å². The van der Waals surface area contributed by atoms with Gasteiger partial charge in [-0.2, -0.15) is 5.26 Å². The fraction of sp³-hybridized carbons (Fsp3) is 0.0952. The molecule has 1 aromatic heterocycles. The molecule has 5 nitrogen and oxygen atoms in total. The van der Waals surface area contributed by atoms with Crippen molar-refractivity contribution in [3.05, 3.63) is 83.7 Å². The second-order valence-corrected chi connectivity index (χ2v) is 6.11. The van der Waals surface area contributed by atoms with E-state index in [1.807, 2.05) is 18.2 Å². The predicted molar refractivity (Wildman–Crippen MR) is 100 cm³/mol. The third-order valence-electron chi connectivity index (χ3n) is 4.46. The number of benzene rings is 2. The molecule has 0 atom stereocenters. The zero-order valence-corrected chi connectivity index (χ0v) is 14.0. The molecule has 0 spiro atoms. The van der Waals surface area contributed by atoms with Crippen LogP contribution in [0.2, 0.25) is 0 Å². The van der Waals surface area contributed by atoms with Crippen LogP contribution in [0.4, 0.5) is 17.1 Å². The van der Waals surface area contributed by atoms with Crippen molar-refractivity contribution in [2.45, 2.75) is 6.42 Å². The number of para-hydroxylation sites is 1. The highest BCUT2D eigenvalue weighted by Gasteiger charge is 2.20. The molecule has 0 bridgehead atoms. The van der Waals surface area contributed by atoms with E-state index in [1.165, 1.54) is 11.3 Å². The fourth-order valence-corrected chi connectivity index (χ4v) is 3.14. The number of aromatic nitrogens is 1. The van der Waals surface area contributed by atoms with Gasteiger partial charge in [-0.3, -0.25) is 9.78 Å². The Morgan fingerprint density at radius 2 is 1.92 bits per heavy atom. The van der Waals surface area contributed by atoms with Crippen molar-refractivity contribution < 1.29 is 4.79 Å². The number of carbonyl (C=O) groups is 1. The van der Waals surface area contributed by atoms with E-state index in [0.29, 0.717) is 16.8 Å². The normalized spacial score (nSPS) is 12.3. The summed E-state index contributed by atoms with van der Waals surface area (Å²) in [7, 11) is 0. The van der Waals surface area contributed by atoms with Gasteiger partial charge in [-0.15, -0.1) is 0 Å². The number of pyridine rings is 1. The number of amides is 1. The van der Waals surface area contributed by atoms with Gasteiger partial charge in [-0.1, -0.05) is 18.2 Å². The Labute approximate surface area is 151 Å². The molecule has 0 unspecified atom stereocenters. The number of nitrogens with zero attached hydrogens (tertiary/aromatic N) is 3. The van der Waals surface area contributed by atoms with Crippen LogP contribution in [0.25, 0.3) is 0 Å². The highest BCUT2D eigenvalue weighted by Crippen LogP contribution is 2.34. The predicted octanol–water partition coefficient (Wildman–Crippen LogP) is 3.90. The molecule has 126 valence electrons. The SMILES string of the molecule is N#Cc1ccc(NC(=O)c2cncc(N3CCc4ccccc43)c2)cc1. The van der Waals surface area contributed by atoms with Gasteiger partial charge >= 0.3 is 0 Å². The summed E-state index contributed by atoms with van der Waals surface area (Å²) in [6.45, 7) is 0.877. The standard InChI is InChI=1S/C21H16N4O/c22-12-15-5-7-18(8-6-15)24-21(26)17-11-19(14-23-13-17)25-10-9-16-3-1-2-4-20(16)25/h1-8,11,13-14H,9-10H2,(H,24,26). The van der Waals surface area contributed by atoms with Gasteiger partial charge < -0.3 is 10.2 Å². The lowest BCUT2D eigenvalue weighted by Crippen LogP contribution is -2.16. The minimum Gasteiger partial charge on any atom is -0.340 e. The summed E-state index contributed by atoms with van der Waals surface area (Å²) in [5.74, 6) is -0.225. The van der Waals surface area contributed by atoms with Gasteiger partial charge in [0.15, 0.2) is 0 Å². The number of rotatable bonds is 3. The Hall–Kier alpha value is -3.65. The molecule has 0 radical (unpaired) electrons. The topological polar surface area (TPSA) is 69.0 Å². The molecule has 4 rings (SSSR count). The first-order valence-electron chi connectivity index (χ1n) is 8.36. The van der Waals surface area contributed by atoms with Crippen LogP contribution in [0.15, 0.2) is 67.0 Å². The zero-order valence-electron chi connectivity index (χ0n) is 14.0. The highest BCUT2D eigenvalue weighted by atomic mass is 16.1. The number of nitrogens with one attached hydrogen (secondary N) is 1. The average Bonchev–Trinajstić information content (AvgIpc) is 3.13. The molecule has 26 heavy (non-hydrogen) atoms. The van der Waals surface area contributed by atoms with Crippen LogP contribution >= 0.6 is 0 Å². The van der Waals surface area contributed by atoms with E-state index in [9.17, 15) is 4.79 Å². The average molecular weight is 340 g/mol. The number of nitriles is 1. The molecule has 0 saturated heterocycles. The first-order valence-corrected chi connectivity index (χ1v) is 8.36. The first-order chi connectivity index (χ1) is 12.7. The van der Waals surface area contributed by atoms with Gasteiger partial charge in [-0.05, 0) is 48.4 Å². The number of carbonyl (C=O) groups excluding carboxylic acids is 1. The van der Waals surface area contributed by atoms with Gasteiger partial charge in [0.25, 0.3) is 5.91 Å². The highest BCUT2D eigenvalue weighted by molar-refractivity contribution is 6.04. The molecule has 2 aromatic carbocycles. The minimum absolute atomic E-state index is 0.225. The van der Waals surface area contributed by atoms with Crippen LogP contribution < -0.4 is 10.2 Å². The largest absolute Gasteiger partial charge is 0.340 e. The first kappa shape index (κ1) is 15.9. The van der Waals surface area contributed by atoms with E-state index in [4.69, 9.17) is 5.26 Å². The summed E-state index contributed by atoms with van der Waals surface area (Å²) < 4.78 is 0. The fourth-order valence-electron chi connectivity index (χ4n) is 3.14. The number of hydrogen-bond donors (Lipinski definition) is 1. The van der Waals surface area contributed by atoms with Crippen LogP contribution in [0.1, 0.15) is 21.5 Å². The lowest BCUT2D eigenvalue weighted by Gasteiger charge is -2.19. The molecule has 3 aromatic rings. The molecule has 2 heterocycles. The summed E-state index contributed by atoms with van der Waals surface area (Å²) in [5.41, 5.74) is 5.07. The molecule has 0 saturated carbocycles. The van der Waals surface area contributed by atoms with E-state index in [1.54, 1.807) is 36.7 Å². The molecule has 0 aliphatic carbocycles. The number of anilines is 3. The summed E-state index contributed by atoms with van der Waals surface area (Å²) in [6, 6.07) is 19.0. The van der Waals surface area contributed by atoms with Gasteiger partial charge in [0, 0.05) is 24.1 Å². The van der Waals surface area contributed by atoms with Crippen molar-refractivity contribution in [2.75, 3.05) is 16.8 Å². The monoisotopic (exact) mass is 340 g/mol. The molecular weight excluding hydrogens is 324 g/mol. The van der Waals surface area contributed by atoms with E-state index in [0.717, 1.165) is 18.7 Å². The smallest absolute Gasteiger partial charge is 0.257 e. The number of hydrogen-bond acceptors (Lipinski definition) is 4. The molecule has 0 fully saturated rings. The van der Waals surface area contributed by atoms with Crippen LogP contribution in [-0.4, -0.2) is 17.4 Å². The summed E-state index contributed by atoms with van der Waals surface area (Å²) in [6.07, 6.45) is 4.32. The quantitative estimate of drug-likeness (QED) is 0.785. The Morgan fingerprint density at radius 1 is 1.12 bits per heavy atom. The molecule has 1 aliphatic heterocycles. The van der Waals surface area contributed by atoms with E-state index < -0.39 is 0 Å². The Bertz CT molecular complexity index is 1010. The van der Waals surface area contributed by atoms with Crippen LogP contribution in [0.5, 0.6) is 0 Å². The minimum atomic E-state index is -0.225. The van der Waals surface area contributed by atoms with Gasteiger partial charge in [0.1, 0.15) is 0 Å². The second kappa shape index (κ2) is 6.69. The van der Waals surface area contributed by atoms with Crippen molar-refractivity contribution in [3.63, 3.8) is 0 Å². The Kier molecular flexibility index (Phi) is 4.08. The molecule has 1 amide bonds. The molecule has 5 heteroatoms. The van der Waals surface area contributed by atoms with Crippen molar-refractivity contribution in [1.29, 1.82) is 5.26 Å². The zero-order chi connectivity index (χ0) is 17.9. The van der Waals surface area contributed by atoms with E-state index in [2.05, 4.69) is 33.4 Å². The molecule has 1 aliphatic rings. The Balaban J connectivity index is 1.56. The van der Waals surface area contributed by atoms with E-state index in [-0.39, 0.29) is 5.91 Å². The number of fused-ring (bicyclic) bond motifs is 1. The maximum absolute atomic E-state index is 12.5. The second-order valence-electron chi connectivity index (χ2n) is 6.11. The van der Waals surface area contributed by atoms with Crippen molar-refractivity contribution in [3.8, 4) is 6.07 Å². The Morgan fingerprint density at radius 3 is 2.73 bits per heavy atom. The van der Waals surface area contributed by atoms with Crippen LogP contribution in [0.3, 0.4) is 0 Å². The maximum Gasteiger partial charge on any atom is 0.257 e. The van der Waals surface area contributed by atoms with Crippen molar-refractivity contribution >= 4 is 23.0 Å². The van der Waals surface area contributed by atoms with Crippen LogP contribution in [-0.2, 0) is 6.42 Å². The summed E-state index contributed by atoms with van der Waals surface area (Å²) in [5, 5.41) is 11.7. The van der Waals surface area contributed by atoms with Crippen molar-refractivity contribution in [1.82, 2.24) is 4.98 Å².